The third kappa shape index (κ3) is 5.45. The maximum atomic E-state index is 11.5. The number of nitrogens with zero attached hydrogens (tertiary/aromatic N) is 2. The number of hydrogen-bond acceptors (Lipinski definition) is 6. The number of amides is 1. The SMILES string of the molecule is Cc1ccc(CSc2nnc(NC(=O)CCC(=O)O)s2)cc1. The van der Waals surface area contributed by atoms with Crippen molar-refractivity contribution in [3.8, 4) is 0 Å². The fourth-order valence-electron chi connectivity index (χ4n) is 1.55. The Morgan fingerprint density at radius 2 is 1.95 bits per heavy atom. The minimum absolute atomic E-state index is 0.0687. The fourth-order valence-corrected chi connectivity index (χ4v) is 3.27. The van der Waals surface area contributed by atoms with Crippen LogP contribution in [0.15, 0.2) is 28.6 Å². The molecule has 1 heterocycles. The van der Waals surface area contributed by atoms with Crippen LogP contribution in [-0.4, -0.2) is 27.2 Å². The molecular formula is C14H15N3O3S2. The van der Waals surface area contributed by atoms with Crippen LogP contribution in [0.1, 0.15) is 24.0 Å². The molecule has 0 saturated heterocycles. The molecule has 0 radical (unpaired) electrons. The maximum Gasteiger partial charge on any atom is 0.303 e. The molecule has 0 atom stereocenters. The highest BCUT2D eigenvalue weighted by molar-refractivity contribution is 8.00. The first-order chi connectivity index (χ1) is 10.5. The van der Waals surface area contributed by atoms with Crippen molar-refractivity contribution in [1.82, 2.24) is 10.2 Å². The minimum atomic E-state index is -0.998. The van der Waals surface area contributed by atoms with Crippen LogP contribution in [-0.2, 0) is 15.3 Å². The van der Waals surface area contributed by atoms with E-state index in [-0.39, 0.29) is 18.7 Å². The van der Waals surface area contributed by atoms with Crippen molar-refractivity contribution in [1.29, 1.82) is 0 Å². The lowest BCUT2D eigenvalue weighted by Gasteiger charge is -1.99. The quantitative estimate of drug-likeness (QED) is 0.596. The zero-order valence-corrected chi connectivity index (χ0v) is 13.5. The molecule has 1 amide bonds. The lowest BCUT2D eigenvalue weighted by Crippen LogP contribution is -2.12. The fraction of sp³-hybridized carbons (Fsp3) is 0.286. The Kier molecular flexibility index (Phi) is 5.91. The number of benzene rings is 1. The van der Waals surface area contributed by atoms with Gasteiger partial charge in [-0.1, -0.05) is 52.9 Å². The largest absolute Gasteiger partial charge is 0.481 e. The lowest BCUT2D eigenvalue weighted by atomic mass is 10.2. The van der Waals surface area contributed by atoms with E-state index >= 15 is 0 Å². The van der Waals surface area contributed by atoms with Crippen LogP contribution in [0, 0.1) is 6.92 Å². The molecule has 1 aromatic carbocycles. The molecule has 2 rings (SSSR count). The van der Waals surface area contributed by atoms with Gasteiger partial charge in [-0.25, -0.2) is 0 Å². The van der Waals surface area contributed by atoms with Gasteiger partial charge < -0.3 is 10.4 Å². The number of thioether (sulfide) groups is 1. The number of hydrogen-bond donors (Lipinski definition) is 2. The molecule has 6 nitrogen and oxygen atoms in total. The second-order valence-corrected chi connectivity index (χ2v) is 6.79. The molecule has 0 aliphatic heterocycles. The van der Waals surface area contributed by atoms with E-state index in [9.17, 15) is 9.59 Å². The summed E-state index contributed by atoms with van der Waals surface area (Å²) in [5, 5.41) is 19.3. The van der Waals surface area contributed by atoms with Gasteiger partial charge in [-0.2, -0.15) is 0 Å². The predicted molar refractivity (Wildman–Crippen MR) is 86.1 cm³/mol. The Balaban J connectivity index is 1.82. The second kappa shape index (κ2) is 7.90. The van der Waals surface area contributed by atoms with Gasteiger partial charge in [0.1, 0.15) is 0 Å². The van der Waals surface area contributed by atoms with Gasteiger partial charge in [-0.15, -0.1) is 10.2 Å². The monoisotopic (exact) mass is 337 g/mol. The van der Waals surface area contributed by atoms with Crippen LogP contribution in [0.4, 0.5) is 5.13 Å². The van der Waals surface area contributed by atoms with Crippen LogP contribution in [0.2, 0.25) is 0 Å². The number of nitrogens with one attached hydrogen (secondary N) is 1. The first-order valence-corrected chi connectivity index (χ1v) is 8.36. The standard InChI is InChI=1S/C14H15N3O3S2/c1-9-2-4-10(5-3-9)8-21-14-17-16-13(22-14)15-11(18)6-7-12(19)20/h2-5H,6-8H2,1H3,(H,19,20)(H,15,16,18). The third-order valence-electron chi connectivity index (χ3n) is 2.70. The number of aliphatic carboxylic acids is 1. The Bertz CT molecular complexity index is 656. The number of carbonyl (C=O) groups is 2. The molecular weight excluding hydrogens is 322 g/mol. The Morgan fingerprint density at radius 1 is 1.23 bits per heavy atom. The number of anilines is 1. The molecule has 0 saturated carbocycles. The average molecular weight is 337 g/mol. The van der Waals surface area contributed by atoms with E-state index in [1.54, 1.807) is 11.8 Å². The van der Waals surface area contributed by atoms with Gasteiger partial charge in [0.25, 0.3) is 0 Å². The van der Waals surface area contributed by atoms with E-state index in [2.05, 4.69) is 39.8 Å². The predicted octanol–water partition coefficient (Wildman–Crippen LogP) is 2.94. The number of carboxylic acids is 1. The van der Waals surface area contributed by atoms with E-state index in [0.29, 0.717) is 5.13 Å². The molecule has 2 aromatic rings. The van der Waals surface area contributed by atoms with E-state index in [4.69, 9.17) is 5.11 Å². The summed E-state index contributed by atoms with van der Waals surface area (Å²) in [7, 11) is 0. The molecule has 0 bridgehead atoms. The topological polar surface area (TPSA) is 92.2 Å². The molecule has 0 spiro atoms. The van der Waals surface area contributed by atoms with Gasteiger partial charge in [0.05, 0.1) is 6.42 Å². The third-order valence-corrected chi connectivity index (χ3v) is 4.74. The number of aryl methyl sites for hydroxylation is 1. The van der Waals surface area contributed by atoms with E-state index in [1.807, 2.05) is 6.92 Å². The first kappa shape index (κ1) is 16.4. The molecule has 1 aromatic heterocycles. The molecule has 2 N–H and O–H groups in total. The number of carboxylic acid groups (broad SMARTS) is 1. The van der Waals surface area contributed by atoms with Crippen LogP contribution < -0.4 is 5.32 Å². The summed E-state index contributed by atoms with van der Waals surface area (Å²) in [5.41, 5.74) is 2.41. The highest BCUT2D eigenvalue weighted by atomic mass is 32.2. The Hall–Kier alpha value is -1.93. The zero-order valence-electron chi connectivity index (χ0n) is 11.9. The van der Waals surface area contributed by atoms with Crippen LogP contribution in [0.25, 0.3) is 0 Å². The molecule has 0 aliphatic rings. The zero-order chi connectivity index (χ0) is 15.9. The molecule has 8 heteroatoms. The van der Waals surface area contributed by atoms with Crippen molar-refractivity contribution >= 4 is 40.1 Å². The number of aromatic nitrogens is 2. The minimum Gasteiger partial charge on any atom is -0.481 e. The van der Waals surface area contributed by atoms with Crippen molar-refractivity contribution in [3.63, 3.8) is 0 Å². The van der Waals surface area contributed by atoms with Gasteiger partial charge in [-0.05, 0) is 12.5 Å². The number of rotatable bonds is 7. The van der Waals surface area contributed by atoms with Gasteiger partial charge in [0.2, 0.25) is 11.0 Å². The molecule has 22 heavy (non-hydrogen) atoms. The summed E-state index contributed by atoms with van der Waals surface area (Å²) in [6.07, 6.45) is -0.263. The normalized spacial score (nSPS) is 10.4. The highest BCUT2D eigenvalue weighted by Crippen LogP contribution is 2.28. The molecule has 0 unspecified atom stereocenters. The van der Waals surface area contributed by atoms with E-state index in [0.717, 1.165) is 10.1 Å². The first-order valence-electron chi connectivity index (χ1n) is 6.56. The summed E-state index contributed by atoms with van der Waals surface area (Å²) in [5.74, 6) is -0.586. The lowest BCUT2D eigenvalue weighted by molar-refractivity contribution is -0.138. The summed E-state index contributed by atoms with van der Waals surface area (Å²) >= 11 is 2.82. The van der Waals surface area contributed by atoms with Gasteiger partial charge in [0.15, 0.2) is 4.34 Å². The summed E-state index contributed by atoms with van der Waals surface area (Å²) < 4.78 is 0.758. The summed E-state index contributed by atoms with van der Waals surface area (Å²) in [6, 6.07) is 8.25. The molecule has 0 fully saturated rings. The number of carbonyl (C=O) groups excluding carboxylic acids is 1. The van der Waals surface area contributed by atoms with Crippen molar-refractivity contribution in [2.45, 2.75) is 29.9 Å². The van der Waals surface area contributed by atoms with E-state index < -0.39 is 5.97 Å². The average Bonchev–Trinajstić information content (AvgIpc) is 2.92. The van der Waals surface area contributed by atoms with Gasteiger partial charge >= 0.3 is 5.97 Å². The van der Waals surface area contributed by atoms with Gasteiger partial charge in [-0.3, -0.25) is 9.59 Å². The highest BCUT2D eigenvalue weighted by Gasteiger charge is 2.10. The maximum absolute atomic E-state index is 11.5. The van der Waals surface area contributed by atoms with Crippen molar-refractivity contribution in [3.05, 3.63) is 35.4 Å². The second-order valence-electron chi connectivity index (χ2n) is 4.59. The smallest absolute Gasteiger partial charge is 0.303 e. The van der Waals surface area contributed by atoms with Crippen LogP contribution >= 0.6 is 23.1 Å². The van der Waals surface area contributed by atoms with Gasteiger partial charge in [0, 0.05) is 12.2 Å². The van der Waals surface area contributed by atoms with Crippen molar-refractivity contribution in [2.24, 2.45) is 0 Å². The Morgan fingerprint density at radius 3 is 2.64 bits per heavy atom. The molecule has 116 valence electrons. The molecule has 0 aliphatic carbocycles. The van der Waals surface area contributed by atoms with E-state index in [1.165, 1.54) is 22.5 Å². The summed E-state index contributed by atoms with van der Waals surface area (Å²) in [4.78, 5) is 21.9. The van der Waals surface area contributed by atoms with Crippen molar-refractivity contribution in [2.75, 3.05) is 5.32 Å². The van der Waals surface area contributed by atoms with Crippen molar-refractivity contribution < 1.29 is 14.7 Å². The Labute approximate surface area is 136 Å². The summed E-state index contributed by atoms with van der Waals surface area (Å²) in [6.45, 7) is 2.04. The van der Waals surface area contributed by atoms with Crippen LogP contribution in [0.3, 0.4) is 0 Å². The van der Waals surface area contributed by atoms with Crippen LogP contribution in [0.5, 0.6) is 0 Å².